The number of nitrogens with zero attached hydrogens (tertiary/aromatic N) is 2. The van der Waals surface area contributed by atoms with E-state index in [-0.39, 0.29) is 28.6 Å². The van der Waals surface area contributed by atoms with Gasteiger partial charge in [0.25, 0.3) is 5.91 Å². The van der Waals surface area contributed by atoms with Crippen LogP contribution in [0.15, 0.2) is 36.8 Å². The number of aromatic nitrogens is 2. The first-order valence-electron chi connectivity index (χ1n) is 7.29. The van der Waals surface area contributed by atoms with E-state index in [1.165, 1.54) is 36.8 Å². The number of aromatic carboxylic acids is 1. The topological polar surface area (TPSA) is 121 Å². The van der Waals surface area contributed by atoms with Crippen LogP contribution < -0.4 is 10.6 Å². The molecule has 122 valence electrons. The van der Waals surface area contributed by atoms with E-state index in [9.17, 15) is 14.4 Å². The number of hydrogen-bond acceptors (Lipinski definition) is 5. The number of carboxylic acid groups (broad SMARTS) is 1. The van der Waals surface area contributed by atoms with Crippen LogP contribution in [0.4, 0.5) is 11.5 Å². The summed E-state index contributed by atoms with van der Waals surface area (Å²) in [5, 5.41) is 14.2. The first-order chi connectivity index (χ1) is 11.5. The second-order valence-corrected chi connectivity index (χ2v) is 5.41. The van der Waals surface area contributed by atoms with Crippen molar-refractivity contribution < 1.29 is 19.5 Å². The molecule has 3 N–H and O–H groups in total. The van der Waals surface area contributed by atoms with Gasteiger partial charge in [-0.3, -0.25) is 14.6 Å². The predicted molar refractivity (Wildman–Crippen MR) is 84.7 cm³/mol. The second kappa shape index (κ2) is 6.45. The van der Waals surface area contributed by atoms with Gasteiger partial charge in [0.1, 0.15) is 5.82 Å². The molecular formula is C16H14N4O4. The van der Waals surface area contributed by atoms with Crippen molar-refractivity contribution in [2.24, 2.45) is 5.92 Å². The molecule has 8 nitrogen and oxygen atoms in total. The van der Waals surface area contributed by atoms with Crippen LogP contribution in [0.3, 0.4) is 0 Å². The largest absolute Gasteiger partial charge is 0.478 e. The maximum atomic E-state index is 12.3. The molecule has 0 spiro atoms. The van der Waals surface area contributed by atoms with Gasteiger partial charge in [-0.15, -0.1) is 0 Å². The lowest BCUT2D eigenvalue weighted by atomic mass is 10.2. The highest BCUT2D eigenvalue weighted by Crippen LogP contribution is 2.30. The first kappa shape index (κ1) is 15.6. The van der Waals surface area contributed by atoms with Crippen LogP contribution >= 0.6 is 0 Å². The van der Waals surface area contributed by atoms with E-state index in [1.807, 2.05) is 0 Å². The van der Waals surface area contributed by atoms with Crippen LogP contribution in [0.5, 0.6) is 0 Å². The zero-order chi connectivity index (χ0) is 17.1. The summed E-state index contributed by atoms with van der Waals surface area (Å²) in [6, 6.07) is 4.27. The van der Waals surface area contributed by atoms with Crippen molar-refractivity contribution in [3.05, 3.63) is 47.9 Å². The lowest BCUT2D eigenvalue weighted by Gasteiger charge is -2.07. The Kier molecular flexibility index (Phi) is 4.19. The molecule has 0 aliphatic heterocycles. The Bertz CT molecular complexity index is 817. The van der Waals surface area contributed by atoms with E-state index in [4.69, 9.17) is 5.11 Å². The van der Waals surface area contributed by atoms with Crippen LogP contribution in [0.1, 0.15) is 33.6 Å². The number of hydrogen-bond donors (Lipinski definition) is 3. The van der Waals surface area contributed by atoms with E-state index in [2.05, 4.69) is 20.6 Å². The van der Waals surface area contributed by atoms with Gasteiger partial charge < -0.3 is 15.7 Å². The molecule has 2 aromatic heterocycles. The quantitative estimate of drug-likeness (QED) is 0.770. The summed E-state index contributed by atoms with van der Waals surface area (Å²) in [6.07, 6.45) is 5.71. The zero-order valence-electron chi connectivity index (χ0n) is 12.5. The molecule has 2 heterocycles. The molecule has 2 aromatic rings. The van der Waals surface area contributed by atoms with Crippen LogP contribution in [0.25, 0.3) is 0 Å². The number of rotatable bonds is 5. The average Bonchev–Trinajstić information content (AvgIpc) is 3.40. The molecule has 0 aromatic carbocycles. The summed E-state index contributed by atoms with van der Waals surface area (Å²) < 4.78 is 0. The van der Waals surface area contributed by atoms with Gasteiger partial charge in [-0.1, -0.05) is 0 Å². The molecule has 2 amide bonds. The number of anilines is 2. The highest BCUT2D eigenvalue weighted by atomic mass is 16.4. The van der Waals surface area contributed by atoms with Crippen molar-refractivity contribution in [2.75, 3.05) is 10.6 Å². The normalized spacial score (nSPS) is 13.2. The first-order valence-corrected chi connectivity index (χ1v) is 7.29. The molecule has 1 saturated carbocycles. The third-order valence-electron chi connectivity index (χ3n) is 3.46. The molecule has 1 aliphatic rings. The van der Waals surface area contributed by atoms with Gasteiger partial charge in [-0.2, -0.15) is 0 Å². The van der Waals surface area contributed by atoms with Crippen LogP contribution in [-0.2, 0) is 4.79 Å². The summed E-state index contributed by atoms with van der Waals surface area (Å²) in [6.45, 7) is 0. The Hall–Kier alpha value is -3.29. The number of carboxylic acids is 1. The number of amides is 2. The Morgan fingerprint density at radius 1 is 1.08 bits per heavy atom. The summed E-state index contributed by atoms with van der Waals surface area (Å²) in [5.74, 6) is -1.35. The summed E-state index contributed by atoms with van der Waals surface area (Å²) in [5.41, 5.74) is 0.525. The number of carbonyl (C=O) groups is 3. The molecule has 0 atom stereocenters. The summed E-state index contributed by atoms with van der Waals surface area (Å²) in [4.78, 5) is 42.7. The minimum atomic E-state index is -1.13. The Morgan fingerprint density at radius 2 is 1.88 bits per heavy atom. The van der Waals surface area contributed by atoms with Crippen LogP contribution in [0.2, 0.25) is 0 Å². The third kappa shape index (κ3) is 3.72. The van der Waals surface area contributed by atoms with Gasteiger partial charge >= 0.3 is 5.97 Å². The van der Waals surface area contributed by atoms with Gasteiger partial charge in [0, 0.05) is 23.9 Å². The molecule has 8 heteroatoms. The number of nitrogens with one attached hydrogen (secondary N) is 2. The Balaban J connectivity index is 1.71. The van der Waals surface area contributed by atoms with Crippen LogP contribution in [0, 0.1) is 5.92 Å². The SMILES string of the molecule is O=C(O)c1cncc(NC(=O)c2ccnc(NC(=O)C3CC3)c2)c1. The molecule has 24 heavy (non-hydrogen) atoms. The smallest absolute Gasteiger partial charge is 0.337 e. The fourth-order valence-corrected chi connectivity index (χ4v) is 2.04. The highest BCUT2D eigenvalue weighted by Gasteiger charge is 2.29. The molecule has 1 aliphatic carbocycles. The van der Waals surface area contributed by atoms with E-state index in [1.54, 1.807) is 0 Å². The zero-order valence-corrected chi connectivity index (χ0v) is 12.5. The Labute approximate surface area is 136 Å². The number of pyridine rings is 2. The summed E-state index contributed by atoms with van der Waals surface area (Å²) >= 11 is 0. The van der Waals surface area contributed by atoms with E-state index in [0.717, 1.165) is 12.8 Å². The molecular weight excluding hydrogens is 312 g/mol. The predicted octanol–water partition coefficient (Wildman–Crippen LogP) is 1.78. The molecule has 0 bridgehead atoms. The van der Waals surface area contributed by atoms with Crippen molar-refractivity contribution in [1.82, 2.24) is 9.97 Å². The fraction of sp³-hybridized carbons (Fsp3) is 0.188. The van der Waals surface area contributed by atoms with Crippen LogP contribution in [-0.4, -0.2) is 32.9 Å². The van der Waals surface area contributed by atoms with Gasteiger partial charge in [0.15, 0.2) is 0 Å². The fourth-order valence-electron chi connectivity index (χ4n) is 2.04. The van der Waals surface area contributed by atoms with Crippen molar-refractivity contribution in [3.63, 3.8) is 0 Å². The van der Waals surface area contributed by atoms with Gasteiger partial charge in [0.05, 0.1) is 17.4 Å². The standard InChI is InChI=1S/C16H14N4O4/c21-14(9-1-2-9)20-13-6-10(3-4-18-13)15(22)19-12-5-11(16(23)24)7-17-8-12/h3-9H,1-2H2,(H,19,22)(H,23,24)(H,18,20,21). The molecule has 0 unspecified atom stereocenters. The van der Waals surface area contributed by atoms with Gasteiger partial charge in [0.2, 0.25) is 5.91 Å². The van der Waals surface area contributed by atoms with Crippen molar-refractivity contribution in [1.29, 1.82) is 0 Å². The van der Waals surface area contributed by atoms with Crippen molar-refractivity contribution >= 4 is 29.3 Å². The Morgan fingerprint density at radius 3 is 2.58 bits per heavy atom. The number of carbonyl (C=O) groups excluding carboxylic acids is 2. The lowest BCUT2D eigenvalue weighted by Crippen LogP contribution is -2.16. The second-order valence-electron chi connectivity index (χ2n) is 5.41. The summed E-state index contributed by atoms with van der Waals surface area (Å²) in [7, 11) is 0. The molecule has 1 fully saturated rings. The van der Waals surface area contributed by atoms with Crippen molar-refractivity contribution in [3.8, 4) is 0 Å². The minimum Gasteiger partial charge on any atom is -0.478 e. The third-order valence-corrected chi connectivity index (χ3v) is 3.46. The average molecular weight is 326 g/mol. The minimum absolute atomic E-state index is 0.0279. The van der Waals surface area contributed by atoms with E-state index < -0.39 is 11.9 Å². The van der Waals surface area contributed by atoms with Gasteiger partial charge in [-0.25, -0.2) is 9.78 Å². The van der Waals surface area contributed by atoms with E-state index in [0.29, 0.717) is 5.82 Å². The van der Waals surface area contributed by atoms with Gasteiger partial charge in [-0.05, 0) is 31.0 Å². The molecule has 0 radical (unpaired) electrons. The highest BCUT2D eigenvalue weighted by molar-refractivity contribution is 6.05. The lowest BCUT2D eigenvalue weighted by molar-refractivity contribution is -0.117. The monoisotopic (exact) mass is 326 g/mol. The maximum Gasteiger partial charge on any atom is 0.337 e. The molecule has 0 saturated heterocycles. The van der Waals surface area contributed by atoms with E-state index >= 15 is 0 Å². The molecule has 3 rings (SSSR count). The maximum absolute atomic E-state index is 12.3. The van der Waals surface area contributed by atoms with Crippen molar-refractivity contribution in [2.45, 2.75) is 12.8 Å².